The second kappa shape index (κ2) is 7.72. The number of benzene rings is 1. The van der Waals surface area contributed by atoms with Gasteiger partial charge in [0.05, 0.1) is 23.2 Å². The number of aryl methyl sites for hydroxylation is 1. The number of hydrogen-bond donors (Lipinski definition) is 1. The average Bonchev–Trinajstić information content (AvgIpc) is 3.37. The number of rotatable bonds is 5. The lowest BCUT2D eigenvalue weighted by Gasteiger charge is -2.10. The van der Waals surface area contributed by atoms with Crippen molar-refractivity contribution < 1.29 is 18.7 Å². The highest BCUT2D eigenvalue weighted by atomic mass is 32.1. The zero-order valence-electron chi connectivity index (χ0n) is 15.2. The van der Waals surface area contributed by atoms with Crippen LogP contribution in [-0.4, -0.2) is 21.3 Å². The lowest BCUT2D eigenvalue weighted by molar-refractivity contribution is 0.0469. The predicted molar refractivity (Wildman–Crippen MR) is 106 cm³/mol. The van der Waals surface area contributed by atoms with Crippen molar-refractivity contribution in [3.05, 3.63) is 87.2 Å². The van der Waals surface area contributed by atoms with Gasteiger partial charge >= 0.3 is 5.97 Å². The number of para-hydroxylation sites is 1. The zero-order valence-corrected chi connectivity index (χ0v) is 16.1. The highest BCUT2D eigenvalue weighted by Crippen LogP contribution is 2.18. The highest BCUT2D eigenvalue weighted by Gasteiger charge is 2.17. The minimum atomic E-state index is -0.648. The number of nitrogens with one attached hydrogen (secondary N) is 1. The Bertz CT molecular complexity index is 1260. The normalized spacial score (nSPS) is 10.8. The van der Waals surface area contributed by atoms with Gasteiger partial charge < -0.3 is 14.5 Å². The number of aromatic nitrogens is 2. The van der Waals surface area contributed by atoms with E-state index in [1.54, 1.807) is 24.3 Å². The topological polar surface area (TPSA) is 103 Å². The number of hydrogen-bond acceptors (Lipinski definition) is 7. The number of nitrogens with zero attached hydrogens (tertiary/aromatic N) is 2. The predicted octanol–water partition coefficient (Wildman–Crippen LogP) is 3.27. The van der Waals surface area contributed by atoms with Crippen molar-refractivity contribution in [3.8, 4) is 0 Å². The fraction of sp³-hybridized carbons (Fsp3) is 0.100. The number of carbonyl (C=O) groups is 2. The number of carbonyl (C=O) groups excluding carboxylic acids is 2. The largest absolute Gasteiger partial charge is 0.459 e. The standard InChI is InChI=1S/C20H15N3O5S/c1-12-11-29-20-21-13(9-17(24)23(12)20)10-28-19(26)14-5-2-3-6-15(14)22-18(25)16-7-4-8-27-16/h2-9,11H,10H2,1H3,(H,22,25). The maximum Gasteiger partial charge on any atom is 0.340 e. The molecule has 0 saturated carbocycles. The molecule has 0 aliphatic heterocycles. The number of furan rings is 1. The summed E-state index contributed by atoms with van der Waals surface area (Å²) in [7, 11) is 0. The Morgan fingerprint density at radius 3 is 2.86 bits per heavy atom. The summed E-state index contributed by atoms with van der Waals surface area (Å²) in [5.74, 6) is -1.01. The van der Waals surface area contributed by atoms with E-state index in [-0.39, 0.29) is 29.2 Å². The second-order valence-corrected chi connectivity index (χ2v) is 6.97. The van der Waals surface area contributed by atoms with Crippen LogP contribution >= 0.6 is 11.3 Å². The Kier molecular flexibility index (Phi) is 4.96. The quantitative estimate of drug-likeness (QED) is 0.508. The summed E-state index contributed by atoms with van der Waals surface area (Å²) in [5, 5.41) is 4.46. The smallest absolute Gasteiger partial charge is 0.340 e. The summed E-state index contributed by atoms with van der Waals surface area (Å²) in [6.07, 6.45) is 1.39. The fourth-order valence-corrected chi connectivity index (χ4v) is 3.64. The molecule has 146 valence electrons. The van der Waals surface area contributed by atoms with E-state index in [2.05, 4.69) is 10.3 Å². The van der Waals surface area contributed by atoms with E-state index in [4.69, 9.17) is 9.15 Å². The van der Waals surface area contributed by atoms with Gasteiger partial charge in [0.15, 0.2) is 10.7 Å². The lowest BCUT2D eigenvalue weighted by Crippen LogP contribution is -2.17. The summed E-state index contributed by atoms with van der Waals surface area (Å²) < 4.78 is 11.9. The summed E-state index contributed by atoms with van der Waals surface area (Å²) in [4.78, 5) is 41.8. The van der Waals surface area contributed by atoms with E-state index in [1.165, 1.54) is 40.2 Å². The minimum absolute atomic E-state index is 0.123. The number of amides is 1. The van der Waals surface area contributed by atoms with Crippen molar-refractivity contribution >= 4 is 33.9 Å². The van der Waals surface area contributed by atoms with Crippen molar-refractivity contribution in [2.45, 2.75) is 13.5 Å². The number of anilines is 1. The van der Waals surface area contributed by atoms with Gasteiger partial charge in [-0.15, -0.1) is 11.3 Å². The molecule has 29 heavy (non-hydrogen) atoms. The first-order valence-corrected chi connectivity index (χ1v) is 9.48. The van der Waals surface area contributed by atoms with E-state index in [0.717, 1.165) is 5.69 Å². The molecule has 3 aromatic heterocycles. The highest BCUT2D eigenvalue weighted by molar-refractivity contribution is 7.15. The molecule has 0 aliphatic carbocycles. The molecular weight excluding hydrogens is 394 g/mol. The molecule has 0 fully saturated rings. The Hall–Kier alpha value is -3.72. The van der Waals surface area contributed by atoms with Crippen LogP contribution in [0, 0.1) is 6.92 Å². The molecule has 9 heteroatoms. The lowest BCUT2D eigenvalue weighted by atomic mass is 10.1. The van der Waals surface area contributed by atoms with Crippen LogP contribution in [0.15, 0.2) is 63.3 Å². The maximum atomic E-state index is 12.6. The molecule has 1 aromatic carbocycles. The Labute approximate surface area is 168 Å². The molecule has 1 N–H and O–H groups in total. The van der Waals surface area contributed by atoms with Crippen molar-refractivity contribution in [3.63, 3.8) is 0 Å². The fourth-order valence-electron chi connectivity index (χ4n) is 2.75. The molecular formula is C20H15N3O5S. The maximum absolute atomic E-state index is 12.6. The minimum Gasteiger partial charge on any atom is -0.459 e. The zero-order chi connectivity index (χ0) is 20.4. The number of esters is 1. The Morgan fingerprint density at radius 1 is 1.24 bits per heavy atom. The van der Waals surface area contributed by atoms with Gasteiger partial charge in [0, 0.05) is 17.1 Å². The SMILES string of the molecule is Cc1csc2nc(COC(=O)c3ccccc3NC(=O)c3ccco3)cc(=O)n12. The molecule has 0 aliphatic rings. The molecule has 0 unspecified atom stereocenters. The van der Waals surface area contributed by atoms with Crippen LogP contribution in [0.3, 0.4) is 0 Å². The van der Waals surface area contributed by atoms with Crippen LogP contribution in [0.4, 0.5) is 5.69 Å². The summed E-state index contributed by atoms with van der Waals surface area (Å²) >= 11 is 1.34. The van der Waals surface area contributed by atoms with Crippen LogP contribution in [0.5, 0.6) is 0 Å². The first-order chi connectivity index (χ1) is 14.0. The first-order valence-electron chi connectivity index (χ1n) is 8.61. The molecule has 3 heterocycles. The van der Waals surface area contributed by atoms with Gasteiger partial charge in [-0.05, 0) is 31.2 Å². The number of thiazole rings is 1. The average molecular weight is 409 g/mol. The molecule has 0 atom stereocenters. The number of ether oxygens (including phenoxy) is 1. The molecule has 0 saturated heterocycles. The van der Waals surface area contributed by atoms with Gasteiger partial charge in [0.25, 0.3) is 11.5 Å². The summed E-state index contributed by atoms with van der Waals surface area (Å²) in [5.41, 5.74) is 1.38. The summed E-state index contributed by atoms with van der Waals surface area (Å²) in [6.45, 7) is 1.65. The van der Waals surface area contributed by atoms with E-state index in [1.807, 2.05) is 12.3 Å². The Balaban J connectivity index is 1.50. The van der Waals surface area contributed by atoms with Crippen molar-refractivity contribution in [2.75, 3.05) is 5.32 Å². The van der Waals surface area contributed by atoms with Gasteiger partial charge in [-0.2, -0.15) is 0 Å². The van der Waals surface area contributed by atoms with Crippen LogP contribution in [-0.2, 0) is 11.3 Å². The van der Waals surface area contributed by atoms with Crippen molar-refractivity contribution in [2.24, 2.45) is 0 Å². The van der Waals surface area contributed by atoms with E-state index in [9.17, 15) is 14.4 Å². The third-order valence-corrected chi connectivity index (χ3v) is 5.06. The van der Waals surface area contributed by atoms with Crippen LogP contribution < -0.4 is 10.9 Å². The molecule has 8 nitrogen and oxygen atoms in total. The third kappa shape index (κ3) is 3.81. The van der Waals surface area contributed by atoms with E-state index >= 15 is 0 Å². The third-order valence-electron chi connectivity index (χ3n) is 4.12. The van der Waals surface area contributed by atoms with Gasteiger partial charge in [0.1, 0.15) is 6.61 Å². The van der Waals surface area contributed by atoms with E-state index < -0.39 is 11.9 Å². The van der Waals surface area contributed by atoms with Crippen molar-refractivity contribution in [1.82, 2.24) is 9.38 Å². The van der Waals surface area contributed by atoms with Crippen LogP contribution in [0.1, 0.15) is 32.3 Å². The van der Waals surface area contributed by atoms with E-state index in [0.29, 0.717) is 10.7 Å². The molecule has 0 bridgehead atoms. The van der Waals surface area contributed by atoms with Gasteiger partial charge in [-0.25, -0.2) is 9.78 Å². The van der Waals surface area contributed by atoms with Gasteiger partial charge in [-0.1, -0.05) is 12.1 Å². The second-order valence-electron chi connectivity index (χ2n) is 6.13. The molecule has 4 rings (SSSR count). The Morgan fingerprint density at radius 2 is 2.07 bits per heavy atom. The first kappa shape index (κ1) is 18.6. The number of fused-ring (bicyclic) bond motifs is 1. The van der Waals surface area contributed by atoms with Gasteiger partial charge in [-0.3, -0.25) is 14.0 Å². The molecule has 1 amide bonds. The monoisotopic (exact) mass is 409 g/mol. The molecule has 0 spiro atoms. The van der Waals surface area contributed by atoms with Gasteiger partial charge in [0.2, 0.25) is 0 Å². The van der Waals surface area contributed by atoms with Crippen LogP contribution in [0.25, 0.3) is 4.96 Å². The summed E-state index contributed by atoms with van der Waals surface area (Å²) in [6, 6.07) is 10.9. The molecule has 0 radical (unpaired) electrons. The van der Waals surface area contributed by atoms with Crippen LogP contribution in [0.2, 0.25) is 0 Å². The van der Waals surface area contributed by atoms with Crippen molar-refractivity contribution in [1.29, 1.82) is 0 Å². The molecule has 4 aromatic rings.